The number of nitrogens with two attached hydrogens (primary N) is 1. The Hall–Kier alpha value is -3.56. The molecule has 37 heavy (non-hydrogen) atoms. The van der Waals surface area contributed by atoms with Crippen molar-refractivity contribution in [1.82, 2.24) is 10.6 Å². The molecule has 6 atom stereocenters. The maximum atomic E-state index is 16.1. The summed E-state index contributed by atoms with van der Waals surface area (Å²) in [6.45, 7) is 3.60. The monoisotopic (exact) mass is 538 g/mol. The van der Waals surface area contributed by atoms with Gasteiger partial charge < -0.3 is 40.1 Å². The van der Waals surface area contributed by atoms with E-state index in [4.69, 9.17) is 30.1 Å². The number of ether oxygens (including phenoxy) is 5. The van der Waals surface area contributed by atoms with Crippen LogP contribution < -0.4 is 16.4 Å². The highest BCUT2D eigenvalue weighted by Gasteiger charge is 2.66. The summed E-state index contributed by atoms with van der Waals surface area (Å²) in [5.41, 5.74) is 3.08. The molecule has 0 bridgehead atoms. The van der Waals surface area contributed by atoms with Crippen molar-refractivity contribution in [3.8, 4) is 0 Å². The second-order valence-electron chi connectivity index (χ2n) is 8.22. The van der Waals surface area contributed by atoms with Crippen LogP contribution in [0.2, 0.25) is 0 Å². The molecular formula is C21H32F2N4O10. The first kappa shape index (κ1) is 31.5. The minimum absolute atomic E-state index is 0.375. The highest BCUT2D eigenvalue weighted by molar-refractivity contribution is 5.81. The van der Waals surface area contributed by atoms with Crippen LogP contribution in [-0.2, 0) is 47.7 Å². The highest BCUT2D eigenvalue weighted by atomic mass is 19.2. The molecule has 1 heterocycles. The van der Waals surface area contributed by atoms with Gasteiger partial charge in [-0.2, -0.15) is 4.39 Å². The third-order valence-corrected chi connectivity index (χ3v) is 5.09. The Morgan fingerprint density at radius 1 is 1.08 bits per heavy atom. The maximum Gasteiger partial charge on any atom is 0.375 e. The summed E-state index contributed by atoms with van der Waals surface area (Å²) < 4.78 is 57.0. The second-order valence-corrected chi connectivity index (χ2v) is 8.22. The lowest BCUT2D eigenvalue weighted by Crippen LogP contribution is -2.75. The summed E-state index contributed by atoms with van der Waals surface area (Å²) in [5, 5.41) is 12.1. The Bertz CT molecular complexity index is 907. The van der Waals surface area contributed by atoms with Crippen LogP contribution in [0.1, 0.15) is 41.0 Å². The van der Waals surface area contributed by atoms with E-state index in [1.165, 1.54) is 6.92 Å². The molecule has 0 aliphatic carbocycles. The lowest BCUT2D eigenvalue weighted by Gasteiger charge is -2.50. The van der Waals surface area contributed by atoms with Gasteiger partial charge in [0.05, 0.1) is 12.1 Å². The van der Waals surface area contributed by atoms with Gasteiger partial charge in [0.1, 0.15) is 12.7 Å². The summed E-state index contributed by atoms with van der Waals surface area (Å²) in [6, 6.07) is 0. The molecule has 0 spiro atoms. The van der Waals surface area contributed by atoms with Crippen molar-refractivity contribution in [2.24, 2.45) is 5.73 Å². The van der Waals surface area contributed by atoms with E-state index < -0.39 is 91.2 Å². The van der Waals surface area contributed by atoms with Crippen molar-refractivity contribution in [3.63, 3.8) is 0 Å². The largest absolute Gasteiger partial charge is 0.462 e. The molecule has 1 aliphatic rings. The van der Waals surface area contributed by atoms with Gasteiger partial charge in [-0.25, -0.2) is 9.18 Å². The van der Waals surface area contributed by atoms with E-state index in [1.807, 2.05) is 0 Å². The molecule has 5 N–H and O–H groups in total. The normalized spacial score (nSPS) is 26.6. The van der Waals surface area contributed by atoms with Gasteiger partial charge in [-0.05, 0) is 6.92 Å². The lowest BCUT2D eigenvalue weighted by atomic mass is 9.78. The maximum absolute atomic E-state index is 16.1. The van der Waals surface area contributed by atoms with E-state index in [0.717, 1.165) is 27.7 Å². The number of hydrogen-bond acceptors (Lipinski definition) is 11. The zero-order valence-electron chi connectivity index (χ0n) is 21.1. The fourth-order valence-electron chi connectivity index (χ4n) is 3.77. The van der Waals surface area contributed by atoms with Gasteiger partial charge in [-0.3, -0.25) is 24.6 Å². The van der Waals surface area contributed by atoms with E-state index in [9.17, 15) is 24.0 Å². The van der Waals surface area contributed by atoms with Crippen molar-refractivity contribution in [2.75, 3.05) is 19.8 Å². The molecule has 0 radical (unpaired) electrons. The molecule has 0 saturated carbocycles. The summed E-state index contributed by atoms with van der Waals surface area (Å²) in [4.78, 5) is 59.2. The van der Waals surface area contributed by atoms with Gasteiger partial charge in [0.2, 0.25) is 5.91 Å². The highest BCUT2D eigenvalue weighted by Crippen LogP contribution is 2.42. The molecule has 1 aliphatic heterocycles. The number of carbonyl (C=O) groups excluding carboxylic acids is 5. The van der Waals surface area contributed by atoms with Crippen LogP contribution in [-0.4, -0.2) is 91.4 Å². The molecular weight excluding hydrogens is 506 g/mol. The van der Waals surface area contributed by atoms with Gasteiger partial charge in [-0.1, -0.05) is 0 Å². The number of nitrogens with one attached hydrogen (secondary N) is 3. The summed E-state index contributed by atoms with van der Waals surface area (Å²) >= 11 is 0. The van der Waals surface area contributed by atoms with E-state index in [1.54, 1.807) is 0 Å². The molecule has 1 saturated heterocycles. The number of halogens is 2. The van der Waals surface area contributed by atoms with Crippen LogP contribution in [0.3, 0.4) is 0 Å². The third kappa shape index (κ3) is 8.51. The van der Waals surface area contributed by atoms with E-state index in [0.29, 0.717) is 0 Å². The van der Waals surface area contributed by atoms with Crippen molar-refractivity contribution < 1.29 is 56.4 Å². The Balaban J connectivity index is 3.73. The van der Waals surface area contributed by atoms with Crippen molar-refractivity contribution >= 4 is 35.7 Å². The number of amides is 1. The molecule has 0 aromatic carbocycles. The van der Waals surface area contributed by atoms with E-state index in [-0.39, 0.29) is 6.61 Å². The fourth-order valence-corrected chi connectivity index (χ4v) is 3.77. The minimum Gasteiger partial charge on any atom is -0.462 e. The SMILES string of the molecule is CCOC(=O)[C@]1(F)OC([C@H](OC(C)=O)[C@@H](COC(C)=O)OC(C)=O)CC(CNC(C)=O)(NC(=N)N)C1F. The molecule has 210 valence electrons. The average molecular weight is 539 g/mol. The van der Waals surface area contributed by atoms with Gasteiger partial charge >= 0.3 is 29.7 Å². The first-order valence-electron chi connectivity index (χ1n) is 11.1. The average Bonchev–Trinajstić information content (AvgIpc) is 2.76. The van der Waals surface area contributed by atoms with Crippen molar-refractivity contribution in [2.45, 2.75) is 76.9 Å². The Morgan fingerprint density at radius 2 is 1.68 bits per heavy atom. The van der Waals surface area contributed by atoms with Gasteiger partial charge in [-0.15, -0.1) is 0 Å². The van der Waals surface area contributed by atoms with Crippen molar-refractivity contribution in [3.05, 3.63) is 0 Å². The lowest BCUT2D eigenvalue weighted by molar-refractivity contribution is -0.287. The van der Waals surface area contributed by atoms with Crippen LogP contribution in [0.15, 0.2) is 0 Å². The zero-order chi connectivity index (χ0) is 28.6. The quantitative estimate of drug-likeness (QED) is 0.110. The van der Waals surface area contributed by atoms with Gasteiger partial charge in [0.25, 0.3) is 0 Å². The molecule has 0 aromatic rings. The number of rotatable bonds is 11. The molecule has 3 unspecified atom stereocenters. The molecule has 14 nitrogen and oxygen atoms in total. The molecule has 1 amide bonds. The number of hydrogen-bond donors (Lipinski definition) is 4. The zero-order valence-corrected chi connectivity index (χ0v) is 21.1. The molecule has 0 aromatic heterocycles. The summed E-state index contributed by atoms with van der Waals surface area (Å²) in [6.07, 6.45) is -8.80. The van der Waals surface area contributed by atoms with Crippen LogP contribution in [0, 0.1) is 5.41 Å². The third-order valence-electron chi connectivity index (χ3n) is 5.09. The number of guanidine groups is 1. The number of carbonyl (C=O) groups is 5. The standard InChI is InChI=1S/C21H32F2N4O10/c1-6-33-18(32)21(23)17(22)20(27-19(24)25,9-26-10(2)28)7-14(37-21)16(36-13(5)31)15(35-12(4)30)8-34-11(3)29/h14-17H,6-9H2,1-5H3,(H,26,28)(H4,24,25,27)/t14?,15-,16+,17?,20?,21-/m1/s1. The fraction of sp³-hybridized carbons (Fsp3) is 0.714. The van der Waals surface area contributed by atoms with Gasteiger partial charge in [0.15, 0.2) is 24.3 Å². The van der Waals surface area contributed by atoms with Crippen LogP contribution in [0.4, 0.5) is 8.78 Å². The van der Waals surface area contributed by atoms with Crippen LogP contribution in [0.25, 0.3) is 0 Å². The van der Waals surface area contributed by atoms with Gasteiger partial charge in [0, 0.05) is 40.7 Å². The van der Waals surface area contributed by atoms with Crippen molar-refractivity contribution in [1.29, 1.82) is 5.41 Å². The summed E-state index contributed by atoms with van der Waals surface area (Å²) in [7, 11) is 0. The number of esters is 4. The first-order chi connectivity index (χ1) is 17.1. The minimum atomic E-state index is -3.87. The van der Waals surface area contributed by atoms with Crippen LogP contribution >= 0.6 is 0 Å². The predicted octanol–water partition coefficient (Wildman–Crippen LogP) is -0.873. The Morgan fingerprint density at radius 3 is 2.14 bits per heavy atom. The number of alkyl halides is 2. The van der Waals surface area contributed by atoms with Crippen LogP contribution in [0.5, 0.6) is 0 Å². The summed E-state index contributed by atoms with van der Waals surface area (Å²) in [5.74, 6) is -9.92. The first-order valence-corrected chi connectivity index (χ1v) is 11.1. The molecule has 1 rings (SSSR count). The molecule has 16 heteroatoms. The second kappa shape index (κ2) is 13.1. The molecule has 1 fully saturated rings. The van der Waals surface area contributed by atoms with E-state index in [2.05, 4.69) is 15.4 Å². The Labute approximate surface area is 211 Å². The topological polar surface area (TPSA) is 205 Å². The predicted molar refractivity (Wildman–Crippen MR) is 119 cm³/mol. The smallest absolute Gasteiger partial charge is 0.375 e. The Kier molecular flexibility index (Phi) is 11.2. The van der Waals surface area contributed by atoms with E-state index >= 15 is 8.78 Å².